The van der Waals surface area contributed by atoms with Crippen molar-refractivity contribution in [3.63, 3.8) is 0 Å². The Labute approximate surface area is 118 Å². The average Bonchev–Trinajstić information content (AvgIpc) is 2.92. The number of fused-ring (bicyclic) bond motifs is 1. The maximum atomic E-state index is 12.2. The number of nitrogens with two attached hydrogens (primary N) is 1. The summed E-state index contributed by atoms with van der Waals surface area (Å²) >= 11 is 1.88. The molecule has 1 fully saturated rings. The van der Waals surface area contributed by atoms with Crippen LogP contribution in [-0.4, -0.2) is 17.4 Å². The quantitative estimate of drug-likeness (QED) is 0.816. The van der Waals surface area contributed by atoms with Gasteiger partial charge in [0.1, 0.15) is 0 Å². The second-order valence-electron chi connectivity index (χ2n) is 5.47. The van der Waals surface area contributed by atoms with Crippen LogP contribution in [0.5, 0.6) is 0 Å². The molecule has 1 heterocycles. The van der Waals surface area contributed by atoms with Crippen molar-refractivity contribution in [3.8, 4) is 0 Å². The third kappa shape index (κ3) is 2.73. The predicted octanol–water partition coefficient (Wildman–Crippen LogP) is 2.52. The highest BCUT2D eigenvalue weighted by Gasteiger charge is 2.27. The van der Waals surface area contributed by atoms with Crippen molar-refractivity contribution in [2.75, 3.05) is 17.2 Å². The molecule has 0 spiro atoms. The van der Waals surface area contributed by atoms with E-state index in [0.717, 1.165) is 42.9 Å². The first kappa shape index (κ1) is 12.9. The number of nitrogen functional groups attached to an aromatic ring is 1. The number of carbonyl (C=O) groups excluding carboxylic acids is 1. The molecule has 102 valence electrons. The van der Waals surface area contributed by atoms with E-state index in [0.29, 0.717) is 0 Å². The van der Waals surface area contributed by atoms with Gasteiger partial charge in [-0.05, 0) is 54.7 Å². The van der Waals surface area contributed by atoms with Gasteiger partial charge in [-0.1, -0.05) is 6.07 Å². The Morgan fingerprint density at radius 1 is 1.37 bits per heavy atom. The molecule has 0 radical (unpaired) electrons. The van der Waals surface area contributed by atoms with E-state index in [2.05, 4.69) is 17.4 Å². The van der Waals surface area contributed by atoms with Crippen LogP contribution in [0.1, 0.15) is 36.4 Å². The number of thioether (sulfide) groups is 1. The molecule has 2 atom stereocenters. The Morgan fingerprint density at radius 2 is 2.26 bits per heavy atom. The van der Waals surface area contributed by atoms with Gasteiger partial charge in [0.15, 0.2) is 0 Å². The maximum Gasteiger partial charge on any atom is 0.224 e. The molecule has 4 heteroatoms. The molecule has 3 rings (SSSR count). The second kappa shape index (κ2) is 5.45. The van der Waals surface area contributed by atoms with Crippen molar-refractivity contribution < 1.29 is 4.79 Å². The molecule has 1 aliphatic heterocycles. The van der Waals surface area contributed by atoms with Crippen molar-refractivity contribution in [3.05, 3.63) is 29.3 Å². The van der Waals surface area contributed by atoms with Crippen LogP contribution < -0.4 is 11.1 Å². The smallest absolute Gasteiger partial charge is 0.224 e. The summed E-state index contributed by atoms with van der Waals surface area (Å²) in [4.78, 5) is 12.2. The Morgan fingerprint density at radius 3 is 3.05 bits per heavy atom. The third-order valence-electron chi connectivity index (χ3n) is 4.10. The lowest BCUT2D eigenvalue weighted by Crippen LogP contribution is -2.35. The highest BCUT2D eigenvalue weighted by molar-refractivity contribution is 7.99. The van der Waals surface area contributed by atoms with E-state index >= 15 is 0 Å². The van der Waals surface area contributed by atoms with Gasteiger partial charge in [0, 0.05) is 17.4 Å². The molecule has 0 aromatic heterocycles. The fraction of sp³-hybridized carbons (Fsp3) is 0.533. The van der Waals surface area contributed by atoms with E-state index in [9.17, 15) is 4.79 Å². The van der Waals surface area contributed by atoms with E-state index in [1.165, 1.54) is 11.1 Å². The van der Waals surface area contributed by atoms with Gasteiger partial charge in [-0.3, -0.25) is 4.79 Å². The predicted molar refractivity (Wildman–Crippen MR) is 80.1 cm³/mol. The molecular formula is C15H20N2OS. The third-order valence-corrected chi connectivity index (χ3v) is 5.26. The number of aryl methyl sites for hydroxylation is 1. The molecule has 1 aromatic rings. The number of hydrogen-bond acceptors (Lipinski definition) is 3. The van der Waals surface area contributed by atoms with E-state index in [-0.39, 0.29) is 17.9 Å². The summed E-state index contributed by atoms with van der Waals surface area (Å²) in [6.45, 7) is 0. The van der Waals surface area contributed by atoms with Gasteiger partial charge in [-0.25, -0.2) is 0 Å². The van der Waals surface area contributed by atoms with Gasteiger partial charge in [-0.15, -0.1) is 0 Å². The summed E-state index contributed by atoms with van der Waals surface area (Å²) in [6.07, 6.45) is 4.27. The minimum Gasteiger partial charge on any atom is -0.399 e. The molecule has 1 aromatic carbocycles. The second-order valence-corrected chi connectivity index (χ2v) is 6.62. The molecule has 1 aliphatic carbocycles. The number of hydrogen-bond donors (Lipinski definition) is 2. The minimum atomic E-state index is 0.183. The topological polar surface area (TPSA) is 55.1 Å². The molecule has 0 bridgehead atoms. The lowest BCUT2D eigenvalue weighted by Gasteiger charge is -2.27. The zero-order valence-corrected chi connectivity index (χ0v) is 11.8. The van der Waals surface area contributed by atoms with Crippen LogP contribution in [0.25, 0.3) is 0 Å². The highest BCUT2D eigenvalue weighted by atomic mass is 32.2. The Kier molecular flexibility index (Phi) is 3.69. The monoisotopic (exact) mass is 276 g/mol. The molecule has 1 amide bonds. The van der Waals surface area contributed by atoms with E-state index in [1.807, 2.05) is 17.8 Å². The number of rotatable bonds is 2. The standard InChI is InChI=1S/C15H20N2OS/c16-12-4-5-13-10(8-12)2-1-3-14(13)17-15(18)11-6-7-19-9-11/h4-5,8,11,14H,1-3,6-7,9,16H2,(H,17,18). The summed E-state index contributed by atoms with van der Waals surface area (Å²) in [7, 11) is 0. The van der Waals surface area contributed by atoms with Gasteiger partial charge in [0.25, 0.3) is 0 Å². The van der Waals surface area contributed by atoms with Crippen molar-refractivity contribution >= 4 is 23.4 Å². The molecule has 3 nitrogen and oxygen atoms in total. The van der Waals surface area contributed by atoms with Gasteiger partial charge < -0.3 is 11.1 Å². The van der Waals surface area contributed by atoms with E-state index in [1.54, 1.807) is 0 Å². The average molecular weight is 276 g/mol. The number of nitrogens with one attached hydrogen (secondary N) is 1. The van der Waals surface area contributed by atoms with Gasteiger partial charge >= 0.3 is 0 Å². The van der Waals surface area contributed by atoms with Crippen LogP contribution in [0.15, 0.2) is 18.2 Å². The largest absolute Gasteiger partial charge is 0.399 e. The summed E-state index contributed by atoms with van der Waals surface area (Å²) < 4.78 is 0. The summed E-state index contributed by atoms with van der Waals surface area (Å²) in [5.74, 6) is 2.55. The molecule has 2 aliphatic rings. The van der Waals surface area contributed by atoms with Crippen LogP contribution in [0.3, 0.4) is 0 Å². The molecule has 0 saturated carbocycles. The summed E-state index contributed by atoms with van der Waals surface area (Å²) in [5.41, 5.74) is 9.22. The fourth-order valence-electron chi connectivity index (χ4n) is 3.02. The van der Waals surface area contributed by atoms with Gasteiger partial charge in [-0.2, -0.15) is 11.8 Å². The normalized spacial score (nSPS) is 25.9. The van der Waals surface area contributed by atoms with Crippen LogP contribution in [-0.2, 0) is 11.2 Å². The molecule has 1 saturated heterocycles. The van der Waals surface area contributed by atoms with Crippen molar-refractivity contribution in [2.24, 2.45) is 5.92 Å². The first-order valence-electron chi connectivity index (χ1n) is 7.00. The zero-order chi connectivity index (χ0) is 13.2. The highest BCUT2D eigenvalue weighted by Crippen LogP contribution is 2.32. The first-order valence-corrected chi connectivity index (χ1v) is 8.16. The van der Waals surface area contributed by atoms with Crippen LogP contribution in [0, 0.1) is 5.92 Å². The molecule has 19 heavy (non-hydrogen) atoms. The minimum absolute atomic E-state index is 0.183. The number of amides is 1. The maximum absolute atomic E-state index is 12.2. The molecule has 3 N–H and O–H groups in total. The Hall–Kier alpha value is -1.16. The lowest BCUT2D eigenvalue weighted by atomic mass is 9.87. The van der Waals surface area contributed by atoms with E-state index < -0.39 is 0 Å². The number of anilines is 1. The zero-order valence-electron chi connectivity index (χ0n) is 11.0. The Bertz CT molecular complexity index is 483. The van der Waals surface area contributed by atoms with Crippen molar-refractivity contribution in [2.45, 2.75) is 31.7 Å². The van der Waals surface area contributed by atoms with Crippen molar-refractivity contribution in [1.82, 2.24) is 5.32 Å². The fourth-order valence-corrected chi connectivity index (χ4v) is 4.24. The lowest BCUT2D eigenvalue weighted by molar-refractivity contribution is -0.125. The van der Waals surface area contributed by atoms with Gasteiger partial charge in [0.2, 0.25) is 5.91 Å². The van der Waals surface area contributed by atoms with Crippen LogP contribution in [0.4, 0.5) is 5.69 Å². The summed E-state index contributed by atoms with van der Waals surface area (Å²) in [5, 5.41) is 3.24. The Balaban J connectivity index is 1.74. The number of carbonyl (C=O) groups is 1. The first-order chi connectivity index (χ1) is 9.24. The molecule has 2 unspecified atom stereocenters. The number of benzene rings is 1. The van der Waals surface area contributed by atoms with Crippen molar-refractivity contribution in [1.29, 1.82) is 0 Å². The van der Waals surface area contributed by atoms with E-state index in [4.69, 9.17) is 5.73 Å². The molecular weight excluding hydrogens is 256 g/mol. The SMILES string of the molecule is Nc1ccc2c(c1)CCCC2NC(=O)C1CCSC1. The van der Waals surface area contributed by atoms with Gasteiger partial charge in [0.05, 0.1) is 6.04 Å². The van der Waals surface area contributed by atoms with Crippen LogP contribution in [0.2, 0.25) is 0 Å². The van der Waals surface area contributed by atoms with Crippen LogP contribution >= 0.6 is 11.8 Å². The summed E-state index contributed by atoms with van der Waals surface area (Å²) in [6, 6.07) is 6.26.